The van der Waals surface area contributed by atoms with Crippen LogP contribution < -0.4 is 11.1 Å². The molecule has 0 spiro atoms. The van der Waals surface area contributed by atoms with Gasteiger partial charge < -0.3 is 15.8 Å². The van der Waals surface area contributed by atoms with Crippen LogP contribution in [0.5, 0.6) is 0 Å². The molecule has 2 aromatic rings. The Morgan fingerprint density at radius 1 is 1.30 bits per heavy atom. The van der Waals surface area contributed by atoms with E-state index in [1.165, 1.54) is 0 Å². The van der Waals surface area contributed by atoms with E-state index < -0.39 is 0 Å². The molecule has 2 rings (SSSR count). The molecule has 20 heavy (non-hydrogen) atoms. The van der Waals surface area contributed by atoms with Crippen LogP contribution in [0.3, 0.4) is 0 Å². The Labute approximate surface area is 126 Å². The Bertz CT molecular complexity index is 629. The maximum absolute atomic E-state index is 12.2. The fourth-order valence-corrected chi connectivity index (χ4v) is 2.27. The van der Waals surface area contributed by atoms with Crippen LogP contribution in [0.1, 0.15) is 15.9 Å². The first-order chi connectivity index (χ1) is 9.61. The van der Waals surface area contributed by atoms with Crippen molar-refractivity contribution in [1.29, 1.82) is 0 Å². The Balaban J connectivity index is 2.19. The van der Waals surface area contributed by atoms with Crippen LogP contribution in [0.15, 0.2) is 46.9 Å². The average molecular weight is 335 g/mol. The van der Waals surface area contributed by atoms with Gasteiger partial charge in [-0.15, -0.1) is 0 Å². The minimum Gasteiger partial charge on any atom is -0.398 e. The standard InChI is InChI=1S/C15H15BrN2O2/c1-20-9-10-4-2-5-11(8-10)18-15(19)12-6-3-7-13(17)14(12)16/h2-8H,9,17H2,1H3,(H,18,19). The molecule has 4 nitrogen and oxygen atoms in total. The first-order valence-electron chi connectivity index (χ1n) is 6.05. The number of carbonyl (C=O) groups is 1. The van der Waals surface area contributed by atoms with Crippen molar-refractivity contribution in [2.45, 2.75) is 6.61 Å². The molecule has 0 aliphatic heterocycles. The second kappa shape index (κ2) is 6.54. The lowest BCUT2D eigenvalue weighted by atomic mass is 10.1. The maximum Gasteiger partial charge on any atom is 0.256 e. The molecule has 0 aliphatic carbocycles. The van der Waals surface area contributed by atoms with E-state index in [-0.39, 0.29) is 5.91 Å². The molecule has 1 amide bonds. The predicted molar refractivity (Wildman–Crippen MR) is 83.7 cm³/mol. The molecule has 0 aromatic heterocycles. The van der Waals surface area contributed by atoms with Crippen molar-refractivity contribution in [2.24, 2.45) is 0 Å². The Morgan fingerprint density at radius 2 is 2.05 bits per heavy atom. The monoisotopic (exact) mass is 334 g/mol. The topological polar surface area (TPSA) is 64.3 Å². The Hall–Kier alpha value is -1.85. The van der Waals surface area contributed by atoms with Gasteiger partial charge in [0.15, 0.2) is 0 Å². The van der Waals surface area contributed by atoms with Crippen LogP contribution in [-0.4, -0.2) is 13.0 Å². The first-order valence-corrected chi connectivity index (χ1v) is 6.84. The highest BCUT2D eigenvalue weighted by Crippen LogP contribution is 2.24. The second-order valence-corrected chi connectivity index (χ2v) is 5.09. The normalized spacial score (nSPS) is 10.3. The summed E-state index contributed by atoms with van der Waals surface area (Å²) >= 11 is 3.33. The van der Waals surface area contributed by atoms with Gasteiger partial charge in [0.05, 0.1) is 16.6 Å². The lowest BCUT2D eigenvalue weighted by molar-refractivity contribution is 0.102. The fourth-order valence-electron chi connectivity index (χ4n) is 1.83. The average Bonchev–Trinajstić information content (AvgIpc) is 2.42. The highest BCUT2D eigenvalue weighted by molar-refractivity contribution is 9.10. The lowest BCUT2D eigenvalue weighted by Gasteiger charge is -2.09. The summed E-state index contributed by atoms with van der Waals surface area (Å²) in [7, 11) is 1.63. The van der Waals surface area contributed by atoms with E-state index in [1.807, 2.05) is 24.3 Å². The van der Waals surface area contributed by atoms with Crippen LogP contribution in [0.25, 0.3) is 0 Å². The van der Waals surface area contributed by atoms with E-state index in [2.05, 4.69) is 21.2 Å². The zero-order valence-corrected chi connectivity index (χ0v) is 12.6. The Kier molecular flexibility index (Phi) is 4.76. The van der Waals surface area contributed by atoms with Crippen LogP contribution in [-0.2, 0) is 11.3 Å². The molecule has 0 saturated heterocycles. The molecule has 3 N–H and O–H groups in total. The summed E-state index contributed by atoms with van der Waals surface area (Å²) < 4.78 is 5.67. The van der Waals surface area contributed by atoms with Crippen molar-refractivity contribution in [3.63, 3.8) is 0 Å². The number of benzene rings is 2. The van der Waals surface area contributed by atoms with Crippen LogP contribution in [0.2, 0.25) is 0 Å². The van der Waals surface area contributed by atoms with Crippen LogP contribution in [0.4, 0.5) is 11.4 Å². The molecule has 5 heteroatoms. The van der Waals surface area contributed by atoms with Crippen molar-refractivity contribution in [3.05, 3.63) is 58.1 Å². The van der Waals surface area contributed by atoms with Gasteiger partial charge in [0.2, 0.25) is 0 Å². The number of amides is 1. The van der Waals surface area contributed by atoms with Gasteiger partial charge in [-0.05, 0) is 45.8 Å². The van der Waals surface area contributed by atoms with E-state index >= 15 is 0 Å². The molecule has 0 bridgehead atoms. The first kappa shape index (κ1) is 14.6. The molecule has 0 radical (unpaired) electrons. The third-order valence-electron chi connectivity index (χ3n) is 2.77. The third kappa shape index (κ3) is 3.37. The van der Waals surface area contributed by atoms with Gasteiger partial charge >= 0.3 is 0 Å². The summed E-state index contributed by atoms with van der Waals surface area (Å²) in [5.41, 5.74) is 8.53. The van der Waals surface area contributed by atoms with Crippen molar-refractivity contribution < 1.29 is 9.53 Å². The lowest BCUT2D eigenvalue weighted by Crippen LogP contribution is -2.13. The Morgan fingerprint density at radius 3 is 2.80 bits per heavy atom. The summed E-state index contributed by atoms with van der Waals surface area (Å²) in [4.78, 5) is 12.2. The molecule has 0 aliphatic rings. The van der Waals surface area contributed by atoms with Gasteiger partial charge in [-0.1, -0.05) is 18.2 Å². The number of halogens is 1. The number of ether oxygens (including phenoxy) is 1. The van der Waals surface area contributed by atoms with Gasteiger partial charge in [-0.3, -0.25) is 4.79 Å². The van der Waals surface area contributed by atoms with E-state index in [0.29, 0.717) is 22.3 Å². The van der Waals surface area contributed by atoms with Crippen molar-refractivity contribution in [1.82, 2.24) is 0 Å². The summed E-state index contributed by atoms with van der Waals surface area (Å²) in [6.07, 6.45) is 0. The van der Waals surface area contributed by atoms with E-state index in [1.54, 1.807) is 25.3 Å². The number of rotatable bonds is 4. The SMILES string of the molecule is COCc1cccc(NC(=O)c2cccc(N)c2Br)c1. The number of nitrogen functional groups attached to an aromatic ring is 1. The maximum atomic E-state index is 12.2. The molecule has 0 unspecified atom stereocenters. The summed E-state index contributed by atoms with van der Waals surface area (Å²) in [6.45, 7) is 0.506. The van der Waals surface area contributed by atoms with Gasteiger partial charge in [0.25, 0.3) is 5.91 Å². The summed E-state index contributed by atoms with van der Waals surface area (Å²) in [5.74, 6) is -0.209. The number of nitrogens with one attached hydrogen (secondary N) is 1. The zero-order valence-electron chi connectivity index (χ0n) is 11.0. The molecule has 0 saturated carbocycles. The summed E-state index contributed by atoms with van der Waals surface area (Å²) in [5, 5.41) is 2.85. The van der Waals surface area contributed by atoms with Crippen molar-refractivity contribution >= 4 is 33.2 Å². The molecule has 2 aromatic carbocycles. The highest BCUT2D eigenvalue weighted by atomic mass is 79.9. The number of hydrogen-bond acceptors (Lipinski definition) is 3. The summed E-state index contributed by atoms with van der Waals surface area (Å²) in [6, 6.07) is 12.7. The predicted octanol–water partition coefficient (Wildman–Crippen LogP) is 3.43. The highest BCUT2D eigenvalue weighted by Gasteiger charge is 2.12. The largest absolute Gasteiger partial charge is 0.398 e. The molecular formula is C15H15BrN2O2. The number of anilines is 2. The third-order valence-corrected chi connectivity index (χ3v) is 3.65. The van der Waals surface area contributed by atoms with Crippen molar-refractivity contribution in [2.75, 3.05) is 18.2 Å². The van der Waals surface area contributed by atoms with Crippen LogP contribution in [0, 0.1) is 0 Å². The van der Waals surface area contributed by atoms with Gasteiger partial charge in [0, 0.05) is 18.5 Å². The van der Waals surface area contributed by atoms with E-state index in [4.69, 9.17) is 10.5 Å². The van der Waals surface area contributed by atoms with Crippen LogP contribution >= 0.6 is 15.9 Å². The molecule has 0 heterocycles. The molecule has 0 atom stereocenters. The number of nitrogens with two attached hydrogens (primary N) is 1. The van der Waals surface area contributed by atoms with Gasteiger partial charge in [0.1, 0.15) is 0 Å². The van der Waals surface area contributed by atoms with Gasteiger partial charge in [-0.25, -0.2) is 0 Å². The number of methoxy groups -OCH3 is 1. The van der Waals surface area contributed by atoms with E-state index in [0.717, 1.165) is 11.3 Å². The minimum atomic E-state index is -0.209. The van der Waals surface area contributed by atoms with E-state index in [9.17, 15) is 4.79 Å². The quantitative estimate of drug-likeness (QED) is 0.842. The fraction of sp³-hybridized carbons (Fsp3) is 0.133. The zero-order chi connectivity index (χ0) is 14.5. The van der Waals surface area contributed by atoms with Gasteiger partial charge in [-0.2, -0.15) is 0 Å². The molecule has 0 fully saturated rings. The number of hydrogen-bond donors (Lipinski definition) is 2. The minimum absolute atomic E-state index is 0.209. The number of carbonyl (C=O) groups excluding carboxylic acids is 1. The van der Waals surface area contributed by atoms with Crippen molar-refractivity contribution in [3.8, 4) is 0 Å². The second-order valence-electron chi connectivity index (χ2n) is 4.30. The smallest absolute Gasteiger partial charge is 0.256 e. The molecule has 104 valence electrons. The molecular weight excluding hydrogens is 320 g/mol.